The number of carbonyl (C=O) groups excluding carboxylic acids is 1. The predicted octanol–water partition coefficient (Wildman–Crippen LogP) is 2.17. The SMILES string of the molecule is CCCNC(=O)CN(C)Cn1nc(-c2ccccc2F)n(C)c1=S. The molecule has 0 saturated carbocycles. The van der Waals surface area contributed by atoms with Gasteiger partial charge in [-0.25, -0.2) is 9.07 Å². The molecule has 6 nitrogen and oxygen atoms in total. The highest BCUT2D eigenvalue weighted by molar-refractivity contribution is 7.71. The number of nitrogens with zero attached hydrogens (tertiary/aromatic N) is 4. The van der Waals surface area contributed by atoms with E-state index in [1.54, 1.807) is 39.4 Å². The van der Waals surface area contributed by atoms with Crippen LogP contribution in [0.3, 0.4) is 0 Å². The highest BCUT2D eigenvalue weighted by atomic mass is 32.1. The highest BCUT2D eigenvalue weighted by Gasteiger charge is 2.15. The molecule has 2 aromatic rings. The van der Waals surface area contributed by atoms with Crippen LogP contribution in [0.4, 0.5) is 4.39 Å². The summed E-state index contributed by atoms with van der Waals surface area (Å²) in [4.78, 5) is 13.6. The topological polar surface area (TPSA) is 55.1 Å². The van der Waals surface area contributed by atoms with Gasteiger partial charge in [-0.2, -0.15) is 5.10 Å². The first kappa shape index (κ1) is 18.3. The van der Waals surface area contributed by atoms with Gasteiger partial charge in [-0.3, -0.25) is 9.69 Å². The molecule has 0 aliphatic carbocycles. The molecule has 1 heterocycles. The Hall–Kier alpha value is -2.06. The van der Waals surface area contributed by atoms with E-state index in [-0.39, 0.29) is 18.3 Å². The van der Waals surface area contributed by atoms with Crippen LogP contribution in [-0.2, 0) is 18.5 Å². The van der Waals surface area contributed by atoms with Crippen molar-refractivity contribution in [2.24, 2.45) is 7.05 Å². The summed E-state index contributed by atoms with van der Waals surface area (Å²) >= 11 is 5.37. The number of amides is 1. The van der Waals surface area contributed by atoms with E-state index in [4.69, 9.17) is 12.2 Å². The first-order valence-corrected chi connectivity index (χ1v) is 8.18. The van der Waals surface area contributed by atoms with Gasteiger partial charge >= 0.3 is 0 Å². The lowest BCUT2D eigenvalue weighted by molar-refractivity contribution is -0.122. The van der Waals surface area contributed by atoms with Crippen LogP contribution in [-0.4, -0.2) is 45.3 Å². The van der Waals surface area contributed by atoms with Crippen molar-refractivity contribution in [3.8, 4) is 11.4 Å². The van der Waals surface area contributed by atoms with E-state index in [9.17, 15) is 9.18 Å². The Morgan fingerprint density at radius 2 is 2.12 bits per heavy atom. The van der Waals surface area contributed by atoms with Gasteiger partial charge < -0.3 is 9.88 Å². The normalized spacial score (nSPS) is 11.0. The van der Waals surface area contributed by atoms with Crippen molar-refractivity contribution in [1.82, 2.24) is 24.6 Å². The third-order valence-electron chi connectivity index (χ3n) is 3.52. The molecule has 0 unspecified atom stereocenters. The Balaban J connectivity index is 2.15. The molecule has 0 saturated heterocycles. The van der Waals surface area contributed by atoms with Gasteiger partial charge in [0.05, 0.1) is 18.8 Å². The van der Waals surface area contributed by atoms with Crippen molar-refractivity contribution in [1.29, 1.82) is 0 Å². The number of hydrogen-bond donors (Lipinski definition) is 1. The molecule has 0 bridgehead atoms. The molecule has 24 heavy (non-hydrogen) atoms. The quantitative estimate of drug-likeness (QED) is 0.777. The molecule has 0 atom stereocenters. The van der Waals surface area contributed by atoms with Crippen LogP contribution in [0, 0.1) is 10.6 Å². The van der Waals surface area contributed by atoms with Crippen LogP contribution in [0.2, 0.25) is 0 Å². The summed E-state index contributed by atoms with van der Waals surface area (Å²) in [6, 6.07) is 6.44. The molecule has 1 N–H and O–H groups in total. The number of carbonyl (C=O) groups is 1. The lowest BCUT2D eigenvalue weighted by Gasteiger charge is -2.15. The molecule has 1 aromatic carbocycles. The zero-order valence-electron chi connectivity index (χ0n) is 14.1. The summed E-state index contributed by atoms with van der Waals surface area (Å²) in [5.41, 5.74) is 0.396. The molecule has 0 radical (unpaired) electrons. The van der Waals surface area contributed by atoms with Crippen LogP contribution in [0.25, 0.3) is 11.4 Å². The number of likely N-dealkylation sites (N-methyl/N-ethyl adjacent to an activating group) is 1. The number of aromatic nitrogens is 3. The van der Waals surface area contributed by atoms with Gasteiger partial charge in [0.25, 0.3) is 0 Å². The van der Waals surface area contributed by atoms with E-state index >= 15 is 0 Å². The van der Waals surface area contributed by atoms with Gasteiger partial charge in [-0.15, -0.1) is 0 Å². The third-order valence-corrected chi connectivity index (χ3v) is 4.00. The van der Waals surface area contributed by atoms with Crippen molar-refractivity contribution >= 4 is 18.1 Å². The predicted molar refractivity (Wildman–Crippen MR) is 93.4 cm³/mol. The van der Waals surface area contributed by atoms with Crippen molar-refractivity contribution in [3.05, 3.63) is 34.9 Å². The Labute approximate surface area is 145 Å². The fourth-order valence-corrected chi connectivity index (χ4v) is 2.49. The highest BCUT2D eigenvalue weighted by Crippen LogP contribution is 2.20. The first-order chi connectivity index (χ1) is 11.4. The molecular formula is C16H22FN5OS. The van der Waals surface area contributed by atoms with Crippen LogP contribution >= 0.6 is 12.2 Å². The van der Waals surface area contributed by atoms with Gasteiger partial charge in [-0.05, 0) is 37.8 Å². The number of rotatable bonds is 7. The first-order valence-electron chi connectivity index (χ1n) is 7.78. The van der Waals surface area contributed by atoms with E-state index in [2.05, 4.69) is 10.4 Å². The van der Waals surface area contributed by atoms with E-state index in [0.717, 1.165) is 6.42 Å². The van der Waals surface area contributed by atoms with Crippen molar-refractivity contribution in [2.45, 2.75) is 20.0 Å². The van der Waals surface area contributed by atoms with Crippen molar-refractivity contribution in [2.75, 3.05) is 20.1 Å². The zero-order valence-corrected chi connectivity index (χ0v) is 14.9. The van der Waals surface area contributed by atoms with Crippen LogP contribution in [0.15, 0.2) is 24.3 Å². The van der Waals surface area contributed by atoms with Crippen LogP contribution < -0.4 is 5.32 Å². The maximum Gasteiger partial charge on any atom is 0.234 e. The second kappa shape index (κ2) is 8.16. The molecule has 1 aromatic heterocycles. The number of halogens is 1. The minimum atomic E-state index is -0.347. The summed E-state index contributed by atoms with van der Waals surface area (Å²) in [5.74, 6) is 0.0677. The van der Waals surface area contributed by atoms with E-state index in [0.29, 0.717) is 29.4 Å². The molecule has 0 spiro atoms. The number of nitrogens with one attached hydrogen (secondary N) is 1. The molecule has 0 aliphatic rings. The fraction of sp³-hybridized carbons (Fsp3) is 0.438. The summed E-state index contributed by atoms with van der Waals surface area (Å²) in [7, 11) is 3.56. The monoisotopic (exact) mass is 351 g/mol. The Morgan fingerprint density at radius 1 is 1.42 bits per heavy atom. The molecule has 1 amide bonds. The summed E-state index contributed by atoms with van der Waals surface area (Å²) in [6.07, 6.45) is 0.896. The molecule has 0 aliphatic heterocycles. The minimum Gasteiger partial charge on any atom is -0.355 e. The summed E-state index contributed by atoms with van der Waals surface area (Å²) in [5, 5.41) is 7.23. The van der Waals surface area contributed by atoms with Crippen LogP contribution in [0.5, 0.6) is 0 Å². The standard InChI is InChI=1S/C16H22FN5OS/c1-4-9-18-14(23)10-20(2)11-22-16(24)21(3)15(19-22)12-7-5-6-8-13(12)17/h5-8H,4,9-11H2,1-3H3,(H,18,23). The average molecular weight is 351 g/mol. The van der Waals surface area contributed by atoms with E-state index in [1.165, 1.54) is 6.07 Å². The van der Waals surface area contributed by atoms with Crippen LogP contribution in [0.1, 0.15) is 13.3 Å². The van der Waals surface area contributed by atoms with E-state index < -0.39 is 0 Å². The van der Waals surface area contributed by atoms with Crippen molar-refractivity contribution in [3.63, 3.8) is 0 Å². The van der Waals surface area contributed by atoms with Gasteiger partial charge in [0.15, 0.2) is 10.6 Å². The fourth-order valence-electron chi connectivity index (χ4n) is 2.30. The van der Waals surface area contributed by atoms with Gasteiger partial charge in [-0.1, -0.05) is 19.1 Å². The lowest BCUT2D eigenvalue weighted by atomic mass is 10.2. The molecule has 0 fully saturated rings. The maximum atomic E-state index is 14.0. The lowest BCUT2D eigenvalue weighted by Crippen LogP contribution is -2.36. The molecular weight excluding hydrogens is 329 g/mol. The number of hydrogen-bond acceptors (Lipinski definition) is 4. The summed E-state index contributed by atoms with van der Waals surface area (Å²) in [6.45, 7) is 3.25. The maximum absolute atomic E-state index is 14.0. The summed E-state index contributed by atoms with van der Waals surface area (Å²) < 4.78 is 17.7. The minimum absolute atomic E-state index is 0.0453. The third kappa shape index (κ3) is 4.27. The molecule has 130 valence electrons. The Morgan fingerprint density at radius 3 is 2.79 bits per heavy atom. The van der Waals surface area contributed by atoms with E-state index in [1.807, 2.05) is 14.0 Å². The second-order valence-corrected chi connectivity index (χ2v) is 6.02. The largest absolute Gasteiger partial charge is 0.355 e. The second-order valence-electron chi connectivity index (χ2n) is 5.65. The zero-order chi connectivity index (χ0) is 17.7. The number of benzene rings is 1. The molecule has 2 rings (SSSR count). The smallest absolute Gasteiger partial charge is 0.234 e. The average Bonchev–Trinajstić information content (AvgIpc) is 2.81. The van der Waals surface area contributed by atoms with Gasteiger partial charge in [0.1, 0.15) is 5.82 Å². The van der Waals surface area contributed by atoms with Gasteiger partial charge in [0, 0.05) is 13.6 Å². The molecule has 8 heteroatoms. The van der Waals surface area contributed by atoms with Gasteiger partial charge in [0.2, 0.25) is 5.91 Å². The Bertz CT molecular complexity index is 770. The Kier molecular flexibility index (Phi) is 6.22. The van der Waals surface area contributed by atoms with Crippen molar-refractivity contribution < 1.29 is 9.18 Å².